The molecule has 1 aromatic carbocycles. The third kappa shape index (κ3) is 3.53. The van der Waals surface area contributed by atoms with Crippen molar-refractivity contribution in [1.82, 2.24) is 9.97 Å². The van der Waals surface area contributed by atoms with E-state index in [9.17, 15) is 0 Å². The summed E-state index contributed by atoms with van der Waals surface area (Å²) in [6, 6.07) is 8.40. The summed E-state index contributed by atoms with van der Waals surface area (Å²) in [5.41, 5.74) is 8.58. The Hall–Kier alpha value is -1.51. The molecular formula is C15H20N4S. The number of benzene rings is 1. The number of aromatic amines is 1. The number of aryl methyl sites for hydroxylation is 1. The maximum Gasteiger partial charge on any atom is 0.166 e. The van der Waals surface area contributed by atoms with Gasteiger partial charge in [-0.05, 0) is 43.9 Å². The van der Waals surface area contributed by atoms with Crippen LogP contribution in [0.2, 0.25) is 0 Å². The molecule has 4 nitrogen and oxygen atoms in total. The van der Waals surface area contributed by atoms with Gasteiger partial charge in [0.05, 0.1) is 17.1 Å². The number of fused-ring (bicyclic) bond motifs is 1. The summed E-state index contributed by atoms with van der Waals surface area (Å²) in [4.78, 5) is 7.86. The van der Waals surface area contributed by atoms with Crippen molar-refractivity contribution < 1.29 is 0 Å². The fraction of sp³-hybridized carbons (Fsp3) is 0.467. The summed E-state index contributed by atoms with van der Waals surface area (Å²) in [6.45, 7) is 4.03. The van der Waals surface area contributed by atoms with Crippen molar-refractivity contribution in [2.75, 3.05) is 5.75 Å². The molecule has 3 N–H and O–H groups in total. The number of nitrogens with one attached hydrogen (secondary N) is 1. The van der Waals surface area contributed by atoms with Gasteiger partial charge in [-0.25, -0.2) is 4.98 Å². The molecule has 1 atom stereocenters. The van der Waals surface area contributed by atoms with E-state index in [2.05, 4.69) is 35.1 Å². The van der Waals surface area contributed by atoms with Gasteiger partial charge in [0.15, 0.2) is 5.16 Å². The highest BCUT2D eigenvalue weighted by atomic mass is 32.2. The number of aromatic nitrogens is 2. The average molecular weight is 288 g/mol. The van der Waals surface area contributed by atoms with E-state index in [1.54, 1.807) is 11.8 Å². The second-order valence-electron chi connectivity index (χ2n) is 5.14. The first-order chi connectivity index (χ1) is 9.56. The zero-order chi connectivity index (χ0) is 14.6. The summed E-state index contributed by atoms with van der Waals surface area (Å²) in [5, 5.41) is 9.95. The zero-order valence-corrected chi connectivity index (χ0v) is 12.8. The van der Waals surface area contributed by atoms with E-state index in [1.165, 1.54) is 5.56 Å². The van der Waals surface area contributed by atoms with Crippen LogP contribution in [0.5, 0.6) is 0 Å². The molecule has 20 heavy (non-hydrogen) atoms. The summed E-state index contributed by atoms with van der Waals surface area (Å²) in [7, 11) is 0. The molecule has 0 spiro atoms. The molecule has 0 bridgehead atoms. The normalized spacial score (nSPS) is 14.1. The van der Waals surface area contributed by atoms with Crippen LogP contribution in [-0.2, 0) is 0 Å². The van der Waals surface area contributed by atoms with E-state index in [4.69, 9.17) is 11.0 Å². The number of nitrogens with zero attached hydrogens (tertiary/aromatic N) is 2. The molecular weight excluding hydrogens is 268 g/mol. The number of imidazole rings is 1. The first kappa shape index (κ1) is 14.9. The summed E-state index contributed by atoms with van der Waals surface area (Å²) < 4.78 is 0. The van der Waals surface area contributed by atoms with Gasteiger partial charge in [-0.15, -0.1) is 0 Å². The van der Waals surface area contributed by atoms with E-state index in [0.717, 1.165) is 34.8 Å². The van der Waals surface area contributed by atoms with Gasteiger partial charge in [0.2, 0.25) is 0 Å². The number of rotatable bonds is 6. The lowest BCUT2D eigenvalue weighted by Crippen LogP contribution is -2.37. The van der Waals surface area contributed by atoms with Crippen LogP contribution < -0.4 is 5.73 Å². The lowest BCUT2D eigenvalue weighted by molar-refractivity contribution is 0.478. The minimum Gasteiger partial charge on any atom is -0.333 e. The molecule has 0 saturated carbocycles. The molecule has 1 unspecified atom stereocenters. The van der Waals surface area contributed by atoms with Crippen LogP contribution in [0.15, 0.2) is 23.4 Å². The summed E-state index contributed by atoms with van der Waals surface area (Å²) in [5.74, 6) is 0.916. The second-order valence-corrected chi connectivity index (χ2v) is 6.22. The predicted molar refractivity (Wildman–Crippen MR) is 83.6 cm³/mol. The third-order valence-electron chi connectivity index (χ3n) is 3.48. The summed E-state index contributed by atoms with van der Waals surface area (Å²) in [6.07, 6.45) is 2.34. The first-order valence-electron chi connectivity index (χ1n) is 6.85. The zero-order valence-electron chi connectivity index (χ0n) is 11.9. The minimum atomic E-state index is -0.675. The molecule has 2 aromatic rings. The number of nitrogens with two attached hydrogens (primary N) is 1. The van der Waals surface area contributed by atoms with Crippen LogP contribution in [-0.4, -0.2) is 21.3 Å². The van der Waals surface area contributed by atoms with Gasteiger partial charge in [-0.2, -0.15) is 5.26 Å². The molecule has 0 aliphatic rings. The van der Waals surface area contributed by atoms with Crippen LogP contribution >= 0.6 is 11.8 Å². The van der Waals surface area contributed by atoms with E-state index < -0.39 is 5.54 Å². The van der Waals surface area contributed by atoms with Gasteiger partial charge in [-0.1, -0.05) is 24.8 Å². The highest BCUT2D eigenvalue weighted by Crippen LogP contribution is 2.22. The van der Waals surface area contributed by atoms with Gasteiger partial charge >= 0.3 is 0 Å². The number of thioether (sulfide) groups is 1. The third-order valence-corrected chi connectivity index (χ3v) is 4.43. The Kier molecular flexibility index (Phi) is 4.69. The predicted octanol–water partition coefficient (Wildman–Crippen LogP) is 3.37. The van der Waals surface area contributed by atoms with E-state index in [-0.39, 0.29) is 0 Å². The van der Waals surface area contributed by atoms with Gasteiger partial charge in [0.1, 0.15) is 5.54 Å². The van der Waals surface area contributed by atoms with Crippen molar-refractivity contribution in [1.29, 1.82) is 5.26 Å². The van der Waals surface area contributed by atoms with Crippen LogP contribution in [0.4, 0.5) is 0 Å². The Labute approximate surface area is 123 Å². The van der Waals surface area contributed by atoms with Crippen molar-refractivity contribution >= 4 is 22.8 Å². The molecule has 1 heterocycles. The Morgan fingerprint density at radius 3 is 3.00 bits per heavy atom. The van der Waals surface area contributed by atoms with Gasteiger partial charge in [-0.3, -0.25) is 0 Å². The Morgan fingerprint density at radius 2 is 2.30 bits per heavy atom. The van der Waals surface area contributed by atoms with Crippen molar-refractivity contribution in [2.24, 2.45) is 5.73 Å². The van der Waals surface area contributed by atoms with Crippen molar-refractivity contribution in [2.45, 2.75) is 43.8 Å². The summed E-state index contributed by atoms with van der Waals surface area (Å²) >= 11 is 1.68. The minimum absolute atomic E-state index is 0.675. The Bertz CT molecular complexity index is 628. The molecule has 0 fully saturated rings. The molecule has 5 heteroatoms. The number of H-pyrrole nitrogens is 1. The van der Waals surface area contributed by atoms with Gasteiger partial charge in [0, 0.05) is 5.75 Å². The Morgan fingerprint density at radius 1 is 1.50 bits per heavy atom. The molecule has 0 amide bonds. The highest BCUT2D eigenvalue weighted by molar-refractivity contribution is 7.99. The standard InChI is InChI=1S/C15H20N4S/c1-3-15(17,10-16)7-4-8-20-14-18-12-6-5-11(2)9-13(12)19-14/h5-6,9H,3-4,7-8,17H2,1-2H3,(H,18,19). The maximum atomic E-state index is 9.02. The van der Waals surface area contributed by atoms with Crippen LogP contribution in [0.3, 0.4) is 0 Å². The molecule has 0 aliphatic heterocycles. The molecule has 0 radical (unpaired) electrons. The SMILES string of the molecule is CCC(N)(C#N)CCCSc1nc2ccc(C)cc2[nH]1. The fourth-order valence-corrected chi connectivity index (χ4v) is 2.86. The van der Waals surface area contributed by atoms with Crippen molar-refractivity contribution in [3.8, 4) is 6.07 Å². The van der Waals surface area contributed by atoms with Gasteiger partial charge in [0.25, 0.3) is 0 Å². The molecule has 1 aromatic heterocycles. The topological polar surface area (TPSA) is 78.5 Å². The number of nitriles is 1. The van der Waals surface area contributed by atoms with Crippen LogP contribution in [0, 0.1) is 18.3 Å². The van der Waals surface area contributed by atoms with Gasteiger partial charge < -0.3 is 10.7 Å². The lowest BCUT2D eigenvalue weighted by Gasteiger charge is -2.18. The van der Waals surface area contributed by atoms with Crippen LogP contribution in [0.1, 0.15) is 31.7 Å². The smallest absolute Gasteiger partial charge is 0.166 e. The average Bonchev–Trinajstić information content (AvgIpc) is 2.85. The highest BCUT2D eigenvalue weighted by Gasteiger charge is 2.21. The molecule has 2 rings (SSSR count). The molecule has 106 valence electrons. The molecule has 0 saturated heterocycles. The molecule has 0 aliphatic carbocycles. The quantitative estimate of drug-likeness (QED) is 0.631. The Balaban J connectivity index is 1.89. The number of hydrogen-bond donors (Lipinski definition) is 2. The lowest BCUT2D eigenvalue weighted by atomic mass is 9.94. The van der Waals surface area contributed by atoms with E-state index in [0.29, 0.717) is 6.42 Å². The van der Waals surface area contributed by atoms with E-state index in [1.807, 2.05) is 13.0 Å². The second kappa shape index (κ2) is 6.29. The van der Waals surface area contributed by atoms with Crippen molar-refractivity contribution in [3.05, 3.63) is 23.8 Å². The monoisotopic (exact) mass is 288 g/mol. The van der Waals surface area contributed by atoms with E-state index >= 15 is 0 Å². The fourth-order valence-electron chi connectivity index (χ4n) is 2.04. The first-order valence-corrected chi connectivity index (χ1v) is 7.84. The number of hydrogen-bond acceptors (Lipinski definition) is 4. The largest absolute Gasteiger partial charge is 0.333 e. The van der Waals surface area contributed by atoms with Crippen molar-refractivity contribution in [3.63, 3.8) is 0 Å². The van der Waals surface area contributed by atoms with Crippen LogP contribution in [0.25, 0.3) is 11.0 Å². The maximum absolute atomic E-state index is 9.02.